The Kier molecular flexibility index (Phi) is 3.81. The molecule has 2 amide bonds. The highest BCUT2D eigenvalue weighted by molar-refractivity contribution is 5.81. The van der Waals surface area contributed by atoms with Crippen LogP contribution in [0.5, 0.6) is 0 Å². The van der Waals surface area contributed by atoms with Crippen molar-refractivity contribution in [2.45, 2.75) is 12.3 Å². The molecule has 1 saturated heterocycles. The summed E-state index contributed by atoms with van der Waals surface area (Å²) in [6.45, 7) is -0.681. The van der Waals surface area contributed by atoms with Crippen LogP contribution in [0.3, 0.4) is 0 Å². The van der Waals surface area contributed by atoms with E-state index in [0.29, 0.717) is 0 Å². The molecule has 6 nitrogen and oxygen atoms in total. The highest BCUT2D eigenvalue weighted by Gasteiger charge is 2.40. The molecule has 0 saturated carbocycles. The second-order valence-corrected chi connectivity index (χ2v) is 3.72. The van der Waals surface area contributed by atoms with Crippen LogP contribution in [0.1, 0.15) is 0 Å². The van der Waals surface area contributed by atoms with E-state index in [1.165, 1.54) is 0 Å². The van der Waals surface area contributed by atoms with Gasteiger partial charge in [-0.05, 0) is 0 Å². The standard InChI is InChI=1S/C8H11F3N2O4/c9-8(10,11)6(15)12-1-4-2-13(7(16)17)3-5(4)14/h4-5,14H,1-3H2,(H,12,15)(H,16,17)/t4-,5+/m0/s1. The highest BCUT2D eigenvalue weighted by Crippen LogP contribution is 2.18. The minimum atomic E-state index is -4.98. The molecule has 9 heteroatoms. The quantitative estimate of drug-likeness (QED) is 0.629. The number of halogens is 3. The minimum Gasteiger partial charge on any atom is -0.465 e. The van der Waals surface area contributed by atoms with Gasteiger partial charge in [0.05, 0.1) is 12.6 Å². The van der Waals surface area contributed by atoms with Crippen LogP contribution in [0.15, 0.2) is 0 Å². The van der Waals surface area contributed by atoms with Crippen molar-refractivity contribution in [2.24, 2.45) is 5.92 Å². The Balaban J connectivity index is 2.43. The van der Waals surface area contributed by atoms with E-state index in [4.69, 9.17) is 5.11 Å². The maximum Gasteiger partial charge on any atom is 0.471 e. The number of carboxylic acid groups (broad SMARTS) is 1. The molecule has 17 heavy (non-hydrogen) atoms. The van der Waals surface area contributed by atoms with E-state index >= 15 is 0 Å². The molecule has 0 aromatic heterocycles. The summed E-state index contributed by atoms with van der Waals surface area (Å²) in [4.78, 5) is 21.9. The van der Waals surface area contributed by atoms with Gasteiger partial charge in [-0.2, -0.15) is 13.2 Å². The van der Waals surface area contributed by atoms with E-state index in [1.54, 1.807) is 5.32 Å². The van der Waals surface area contributed by atoms with Crippen molar-refractivity contribution in [1.82, 2.24) is 10.2 Å². The van der Waals surface area contributed by atoms with Crippen LogP contribution < -0.4 is 5.32 Å². The van der Waals surface area contributed by atoms with Crippen LogP contribution in [0, 0.1) is 5.92 Å². The smallest absolute Gasteiger partial charge is 0.465 e. The van der Waals surface area contributed by atoms with Gasteiger partial charge in [0, 0.05) is 19.0 Å². The van der Waals surface area contributed by atoms with Gasteiger partial charge in [0.2, 0.25) is 0 Å². The Morgan fingerprint density at radius 1 is 1.35 bits per heavy atom. The third-order valence-electron chi connectivity index (χ3n) is 2.46. The average Bonchev–Trinajstić information content (AvgIpc) is 2.55. The molecule has 0 spiro atoms. The van der Waals surface area contributed by atoms with Gasteiger partial charge < -0.3 is 20.4 Å². The van der Waals surface area contributed by atoms with Gasteiger partial charge >= 0.3 is 18.2 Å². The van der Waals surface area contributed by atoms with Crippen molar-refractivity contribution in [2.75, 3.05) is 19.6 Å². The number of hydrogen-bond donors (Lipinski definition) is 3. The molecular weight excluding hydrogens is 245 g/mol. The third-order valence-corrected chi connectivity index (χ3v) is 2.46. The van der Waals surface area contributed by atoms with Crippen molar-refractivity contribution in [3.8, 4) is 0 Å². The molecule has 1 aliphatic heterocycles. The number of hydrogen-bond acceptors (Lipinski definition) is 3. The van der Waals surface area contributed by atoms with Gasteiger partial charge in [0.15, 0.2) is 0 Å². The molecule has 2 atom stereocenters. The molecule has 98 valence electrons. The maximum atomic E-state index is 11.8. The summed E-state index contributed by atoms with van der Waals surface area (Å²) in [7, 11) is 0. The van der Waals surface area contributed by atoms with Crippen LogP contribution in [-0.4, -0.2) is 59.0 Å². The number of nitrogens with one attached hydrogen (secondary N) is 1. The number of nitrogens with zero attached hydrogens (tertiary/aromatic N) is 1. The van der Waals surface area contributed by atoms with Crippen LogP contribution in [0.25, 0.3) is 0 Å². The first kappa shape index (κ1) is 13.6. The molecule has 1 heterocycles. The van der Waals surface area contributed by atoms with E-state index in [0.717, 1.165) is 4.90 Å². The molecule has 3 N–H and O–H groups in total. The largest absolute Gasteiger partial charge is 0.471 e. The number of rotatable bonds is 2. The molecule has 0 radical (unpaired) electrons. The zero-order valence-electron chi connectivity index (χ0n) is 8.57. The van der Waals surface area contributed by atoms with E-state index in [9.17, 15) is 27.9 Å². The predicted molar refractivity (Wildman–Crippen MR) is 48.2 cm³/mol. The van der Waals surface area contributed by atoms with Crippen molar-refractivity contribution < 1.29 is 33.0 Å². The third kappa shape index (κ3) is 3.48. The first-order valence-electron chi connectivity index (χ1n) is 4.72. The molecule has 1 aliphatic rings. The Morgan fingerprint density at radius 3 is 2.35 bits per heavy atom. The summed E-state index contributed by atoms with van der Waals surface area (Å²) in [6.07, 6.45) is -7.30. The summed E-state index contributed by atoms with van der Waals surface area (Å²) >= 11 is 0. The summed E-state index contributed by atoms with van der Waals surface area (Å²) in [6, 6.07) is 0. The summed E-state index contributed by atoms with van der Waals surface area (Å²) < 4.78 is 35.5. The lowest BCUT2D eigenvalue weighted by Crippen LogP contribution is -2.41. The summed E-state index contributed by atoms with van der Waals surface area (Å²) in [5, 5.41) is 19.6. The fourth-order valence-corrected chi connectivity index (χ4v) is 1.53. The first-order chi connectivity index (χ1) is 7.71. The number of amides is 2. The minimum absolute atomic E-state index is 0.103. The zero-order chi connectivity index (χ0) is 13.2. The fourth-order valence-electron chi connectivity index (χ4n) is 1.53. The Morgan fingerprint density at radius 2 is 1.94 bits per heavy atom. The number of carbonyl (C=O) groups is 2. The highest BCUT2D eigenvalue weighted by atomic mass is 19.4. The lowest BCUT2D eigenvalue weighted by molar-refractivity contribution is -0.173. The molecule has 0 aromatic rings. The van der Waals surface area contributed by atoms with Gasteiger partial charge in [-0.25, -0.2) is 4.79 Å². The van der Waals surface area contributed by atoms with E-state index in [1.807, 2.05) is 0 Å². The average molecular weight is 256 g/mol. The van der Waals surface area contributed by atoms with E-state index in [-0.39, 0.29) is 13.1 Å². The van der Waals surface area contributed by atoms with Crippen LogP contribution in [-0.2, 0) is 4.79 Å². The van der Waals surface area contributed by atoms with Crippen molar-refractivity contribution >= 4 is 12.0 Å². The van der Waals surface area contributed by atoms with Crippen LogP contribution >= 0.6 is 0 Å². The first-order valence-corrected chi connectivity index (χ1v) is 4.72. The zero-order valence-corrected chi connectivity index (χ0v) is 8.57. The molecular formula is C8H11F3N2O4. The van der Waals surface area contributed by atoms with Crippen LogP contribution in [0.4, 0.5) is 18.0 Å². The van der Waals surface area contributed by atoms with Gasteiger partial charge in [0.25, 0.3) is 0 Å². The second-order valence-electron chi connectivity index (χ2n) is 3.72. The van der Waals surface area contributed by atoms with Gasteiger partial charge in [-0.15, -0.1) is 0 Å². The Bertz CT molecular complexity index is 320. The van der Waals surface area contributed by atoms with Gasteiger partial charge in [-0.1, -0.05) is 0 Å². The number of carbonyl (C=O) groups excluding carboxylic acids is 1. The molecule has 1 rings (SSSR count). The molecule has 0 aliphatic carbocycles. The van der Waals surface area contributed by atoms with Gasteiger partial charge in [0.1, 0.15) is 0 Å². The topological polar surface area (TPSA) is 89.9 Å². The Labute approximate surface area is 94.0 Å². The SMILES string of the molecule is O=C(O)N1C[C@H](CNC(=O)C(F)(F)F)[C@H](O)C1. The number of aliphatic hydroxyl groups excluding tert-OH is 1. The number of alkyl halides is 3. The molecule has 0 unspecified atom stereocenters. The second kappa shape index (κ2) is 4.78. The summed E-state index contributed by atoms with van der Waals surface area (Å²) in [5.41, 5.74) is 0. The van der Waals surface area contributed by atoms with E-state index in [2.05, 4.69) is 0 Å². The van der Waals surface area contributed by atoms with Crippen molar-refractivity contribution in [3.05, 3.63) is 0 Å². The molecule has 0 aromatic carbocycles. The fraction of sp³-hybridized carbons (Fsp3) is 0.750. The van der Waals surface area contributed by atoms with Gasteiger partial charge in [-0.3, -0.25) is 4.79 Å². The van der Waals surface area contributed by atoms with Crippen molar-refractivity contribution in [1.29, 1.82) is 0 Å². The van der Waals surface area contributed by atoms with E-state index < -0.39 is 36.7 Å². The van der Waals surface area contributed by atoms with Crippen LogP contribution in [0.2, 0.25) is 0 Å². The number of aliphatic hydroxyl groups is 1. The summed E-state index contributed by atoms with van der Waals surface area (Å²) in [5.74, 6) is -2.82. The maximum absolute atomic E-state index is 11.8. The number of β-amino-alcohol motifs (C(OH)–C–C–N with tert-alkyl or cyclic N) is 1. The number of likely N-dealkylation sites (tertiary alicyclic amines) is 1. The predicted octanol–water partition coefficient (Wildman–Crippen LogP) is -0.364. The lowest BCUT2D eigenvalue weighted by Gasteiger charge is -2.14. The molecule has 0 bridgehead atoms. The Hall–Kier alpha value is -1.51. The monoisotopic (exact) mass is 256 g/mol. The van der Waals surface area contributed by atoms with Crippen molar-refractivity contribution in [3.63, 3.8) is 0 Å². The molecule has 1 fully saturated rings. The lowest BCUT2D eigenvalue weighted by atomic mass is 10.1. The normalized spacial score (nSPS) is 24.8.